The molecule has 4 N–H and O–H groups in total. The number of aryl methyl sites for hydroxylation is 1. The van der Waals surface area contributed by atoms with E-state index in [1.165, 1.54) is 12.1 Å². The highest BCUT2D eigenvalue weighted by molar-refractivity contribution is 7.92. The van der Waals surface area contributed by atoms with E-state index in [9.17, 15) is 23.4 Å². The van der Waals surface area contributed by atoms with Crippen molar-refractivity contribution in [3.05, 3.63) is 96.2 Å². The first-order chi connectivity index (χ1) is 17.5. The van der Waals surface area contributed by atoms with Crippen LogP contribution in [-0.2, 0) is 16.6 Å². The number of aromatic nitrogens is 1. The van der Waals surface area contributed by atoms with Crippen molar-refractivity contribution < 1.29 is 23.4 Å². The maximum Gasteiger partial charge on any atom is 0.335 e. The molecule has 37 heavy (non-hydrogen) atoms. The second-order valence-electron chi connectivity index (χ2n) is 9.66. The Bertz CT molecular complexity index is 1500. The van der Waals surface area contributed by atoms with Crippen LogP contribution < -0.4 is 10.0 Å². The lowest BCUT2D eigenvalue weighted by atomic mass is 9.99. The van der Waals surface area contributed by atoms with Crippen molar-refractivity contribution in [1.82, 2.24) is 9.88 Å². The number of carboxylic acids is 1. The number of aliphatic hydroxyl groups is 1. The molecule has 4 rings (SSSR count). The third-order valence-electron chi connectivity index (χ3n) is 6.35. The van der Waals surface area contributed by atoms with Crippen LogP contribution in [0.2, 0.25) is 0 Å². The third-order valence-corrected chi connectivity index (χ3v) is 7.75. The lowest BCUT2D eigenvalue weighted by molar-refractivity contribution is 0.0697. The van der Waals surface area contributed by atoms with E-state index in [-0.39, 0.29) is 22.5 Å². The molecule has 4 aromatic rings. The van der Waals surface area contributed by atoms with Crippen molar-refractivity contribution in [2.75, 3.05) is 11.3 Å². The van der Waals surface area contributed by atoms with Crippen LogP contribution in [0, 0.1) is 0 Å². The second-order valence-corrected chi connectivity index (χ2v) is 11.3. The van der Waals surface area contributed by atoms with Crippen LogP contribution in [0.1, 0.15) is 42.3 Å². The van der Waals surface area contributed by atoms with Crippen LogP contribution in [0.25, 0.3) is 10.9 Å². The minimum atomic E-state index is -3.73. The molecular weight excluding hydrogens is 490 g/mol. The first-order valence-corrected chi connectivity index (χ1v) is 13.5. The van der Waals surface area contributed by atoms with Crippen molar-refractivity contribution in [3.63, 3.8) is 0 Å². The number of anilines is 1. The molecule has 8 nitrogen and oxygen atoms in total. The minimum absolute atomic E-state index is 0.166. The summed E-state index contributed by atoms with van der Waals surface area (Å²) in [5.74, 6) is -0.956. The number of rotatable bonds is 11. The molecule has 0 spiro atoms. The standard InChI is InChI=1S/C28H31N3O5S/c1-28(2,14-16-31-15-13-20-11-12-22(27(33)34)18-25(20)31)29-19-26(32)21-7-6-8-23(17-21)30-37(35,36)24-9-4-3-5-10-24/h3-13,15,17-18,26,29-30,32H,14,16,19H2,1-2H3,(H,33,34)/t26-/m0/s1. The molecule has 0 amide bonds. The third kappa shape index (κ3) is 6.56. The maximum absolute atomic E-state index is 12.6. The van der Waals surface area contributed by atoms with Crippen LogP contribution >= 0.6 is 0 Å². The number of carboxylic acid groups (broad SMARTS) is 1. The number of β-amino-alcohol motifs (C(OH)–C–C–N with tert-alkyl or cyclic N) is 1. The van der Waals surface area contributed by atoms with Gasteiger partial charge in [-0.2, -0.15) is 0 Å². The quantitative estimate of drug-likeness (QED) is 0.228. The molecule has 0 aliphatic carbocycles. The van der Waals surface area contributed by atoms with Crippen LogP contribution in [0.15, 0.2) is 90.0 Å². The number of hydrogen-bond donors (Lipinski definition) is 4. The molecule has 1 aromatic heterocycles. The van der Waals surface area contributed by atoms with Crippen molar-refractivity contribution >= 4 is 32.6 Å². The Balaban J connectivity index is 1.37. The monoisotopic (exact) mass is 521 g/mol. The molecule has 1 atom stereocenters. The first kappa shape index (κ1) is 26.4. The summed E-state index contributed by atoms with van der Waals surface area (Å²) in [6.45, 7) is 5.02. The van der Waals surface area contributed by atoms with Gasteiger partial charge in [0.2, 0.25) is 0 Å². The average molecular weight is 522 g/mol. The number of hydrogen-bond acceptors (Lipinski definition) is 5. The van der Waals surface area contributed by atoms with E-state index in [1.54, 1.807) is 54.6 Å². The first-order valence-electron chi connectivity index (χ1n) is 12.0. The Kier molecular flexibility index (Phi) is 7.68. The Morgan fingerprint density at radius 1 is 1.00 bits per heavy atom. The number of sulfonamides is 1. The average Bonchev–Trinajstić information content (AvgIpc) is 3.29. The highest BCUT2D eigenvalue weighted by atomic mass is 32.2. The highest BCUT2D eigenvalue weighted by Crippen LogP contribution is 2.23. The summed E-state index contributed by atoms with van der Waals surface area (Å²) in [4.78, 5) is 11.5. The topological polar surface area (TPSA) is 121 Å². The number of aromatic carboxylic acids is 1. The van der Waals surface area contributed by atoms with Gasteiger partial charge in [-0.1, -0.05) is 36.4 Å². The smallest absolute Gasteiger partial charge is 0.335 e. The number of aliphatic hydroxyl groups excluding tert-OH is 1. The lowest BCUT2D eigenvalue weighted by Gasteiger charge is -2.28. The van der Waals surface area contributed by atoms with Gasteiger partial charge in [-0.15, -0.1) is 0 Å². The number of nitrogens with zero attached hydrogens (tertiary/aromatic N) is 1. The molecule has 9 heteroatoms. The molecule has 0 radical (unpaired) electrons. The highest BCUT2D eigenvalue weighted by Gasteiger charge is 2.20. The summed E-state index contributed by atoms with van der Waals surface area (Å²) in [7, 11) is -3.73. The zero-order chi connectivity index (χ0) is 26.6. The summed E-state index contributed by atoms with van der Waals surface area (Å²) in [6.07, 6.45) is 1.84. The van der Waals surface area contributed by atoms with Crippen LogP contribution in [-0.4, -0.2) is 41.3 Å². The van der Waals surface area contributed by atoms with Gasteiger partial charge < -0.3 is 20.1 Å². The van der Waals surface area contributed by atoms with Gasteiger partial charge in [0.25, 0.3) is 10.0 Å². The maximum atomic E-state index is 12.6. The Morgan fingerprint density at radius 2 is 1.76 bits per heavy atom. The fraction of sp³-hybridized carbons (Fsp3) is 0.250. The van der Waals surface area contributed by atoms with Gasteiger partial charge in [0.05, 0.1) is 16.6 Å². The predicted octanol–water partition coefficient (Wildman–Crippen LogP) is 4.63. The second kappa shape index (κ2) is 10.8. The molecule has 0 aliphatic rings. The Hall–Kier alpha value is -3.66. The van der Waals surface area contributed by atoms with E-state index in [2.05, 4.69) is 10.0 Å². The van der Waals surface area contributed by atoms with Gasteiger partial charge in [0, 0.05) is 36.0 Å². The van der Waals surface area contributed by atoms with Crippen molar-refractivity contribution in [3.8, 4) is 0 Å². The molecule has 0 fully saturated rings. The van der Waals surface area contributed by atoms with Crippen molar-refractivity contribution in [2.24, 2.45) is 0 Å². The molecule has 3 aromatic carbocycles. The fourth-order valence-electron chi connectivity index (χ4n) is 4.11. The molecule has 194 valence electrons. The molecule has 0 aliphatic heterocycles. The van der Waals surface area contributed by atoms with Gasteiger partial charge in [-0.3, -0.25) is 4.72 Å². The molecule has 0 bridgehead atoms. The summed E-state index contributed by atoms with van der Waals surface area (Å²) < 4.78 is 29.8. The van der Waals surface area contributed by atoms with E-state index in [1.807, 2.05) is 36.7 Å². The largest absolute Gasteiger partial charge is 0.478 e. The number of fused-ring (bicyclic) bond motifs is 1. The molecule has 0 saturated heterocycles. The number of carbonyl (C=O) groups is 1. The number of nitrogens with one attached hydrogen (secondary N) is 2. The van der Waals surface area contributed by atoms with Gasteiger partial charge in [0.1, 0.15) is 0 Å². The molecule has 1 heterocycles. The molecule has 0 unspecified atom stereocenters. The van der Waals surface area contributed by atoms with Crippen molar-refractivity contribution in [1.29, 1.82) is 0 Å². The van der Waals surface area contributed by atoms with E-state index in [0.717, 1.165) is 17.3 Å². The Labute approximate surface area is 216 Å². The summed E-state index contributed by atoms with van der Waals surface area (Å²) in [5, 5.41) is 24.5. The normalized spacial score (nSPS) is 12.9. The van der Waals surface area contributed by atoms with Crippen LogP contribution in [0.4, 0.5) is 5.69 Å². The van der Waals surface area contributed by atoms with Gasteiger partial charge in [0.15, 0.2) is 0 Å². The number of benzene rings is 3. The van der Waals surface area contributed by atoms with Crippen LogP contribution in [0.5, 0.6) is 0 Å². The zero-order valence-corrected chi connectivity index (χ0v) is 21.6. The molecule has 0 saturated carbocycles. The molecular formula is C28H31N3O5S. The summed E-state index contributed by atoms with van der Waals surface area (Å²) in [5.41, 5.74) is 1.76. The summed E-state index contributed by atoms with van der Waals surface area (Å²) >= 11 is 0. The summed E-state index contributed by atoms with van der Waals surface area (Å²) in [6, 6.07) is 21.9. The van der Waals surface area contributed by atoms with E-state index in [0.29, 0.717) is 17.8 Å². The van der Waals surface area contributed by atoms with E-state index >= 15 is 0 Å². The van der Waals surface area contributed by atoms with Crippen LogP contribution in [0.3, 0.4) is 0 Å². The predicted molar refractivity (Wildman–Crippen MR) is 144 cm³/mol. The minimum Gasteiger partial charge on any atom is -0.478 e. The zero-order valence-electron chi connectivity index (χ0n) is 20.8. The van der Waals surface area contributed by atoms with Gasteiger partial charge >= 0.3 is 5.97 Å². The lowest BCUT2D eigenvalue weighted by Crippen LogP contribution is -2.42. The SMILES string of the molecule is CC(C)(CCn1ccc2ccc(C(=O)O)cc21)NC[C@H](O)c1cccc(NS(=O)(=O)c2ccccc2)c1. The van der Waals surface area contributed by atoms with E-state index < -0.39 is 22.1 Å². The van der Waals surface area contributed by atoms with Crippen molar-refractivity contribution in [2.45, 2.75) is 43.4 Å². The van der Waals surface area contributed by atoms with Gasteiger partial charge in [-0.25, -0.2) is 13.2 Å². The fourth-order valence-corrected chi connectivity index (χ4v) is 5.18. The Morgan fingerprint density at radius 3 is 2.49 bits per heavy atom. The van der Waals surface area contributed by atoms with Gasteiger partial charge in [-0.05, 0) is 73.7 Å². The van der Waals surface area contributed by atoms with E-state index in [4.69, 9.17) is 0 Å².